The molecule has 5 heteroatoms. The number of carboxylic acids is 1. The third-order valence-electron chi connectivity index (χ3n) is 4.05. The Morgan fingerprint density at radius 3 is 2.76 bits per heavy atom. The van der Waals surface area contributed by atoms with Crippen molar-refractivity contribution in [1.29, 1.82) is 0 Å². The van der Waals surface area contributed by atoms with Crippen molar-refractivity contribution in [3.8, 4) is 5.75 Å². The first kappa shape index (κ1) is 15.8. The number of phenols is 1. The van der Waals surface area contributed by atoms with Crippen molar-refractivity contribution in [1.82, 2.24) is 4.90 Å². The largest absolute Gasteiger partial charge is 0.508 e. The second kappa shape index (κ2) is 7.43. The van der Waals surface area contributed by atoms with Crippen molar-refractivity contribution in [3.63, 3.8) is 0 Å². The van der Waals surface area contributed by atoms with E-state index in [0.717, 1.165) is 31.5 Å². The van der Waals surface area contributed by atoms with Crippen LogP contribution in [0.2, 0.25) is 0 Å². The highest BCUT2D eigenvalue weighted by Crippen LogP contribution is 2.27. The average Bonchev–Trinajstić information content (AvgIpc) is 2.47. The van der Waals surface area contributed by atoms with Crippen LogP contribution in [-0.4, -0.2) is 46.9 Å². The summed E-state index contributed by atoms with van der Waals surface area (Å²) in [4.78, 5) is 12.8. The van der Waals surface area contributed by atoms with Crippen LogP contribution in [0.3, 0.4) is 0 Å². The minimum atomic E-state index is -0.815. The number of carbonyl (C=O) groups is 1. The lowest BCUT2D eigenvalue weighted by Gasteiger charge is -2.36. The Bertz CT molecular complexity index is 469. The lowest BCUT2D eigenvalue weighted by atomic mass is 10.0. The molecule has 1 unspecified atom stereocenters. The molecule has 0 bridgehead atoms. The molecule has 116 valence electrons. The molecule has 1 aliphatic rings. The summed E-state index contributed by atoms with van der Waals surface area (Å²) in [5.41, 5.74) is 1.11. The molecule has 5 nitrogen and oxygen atoms in total. The molecule has 1 aromatic rings. The molecule has 1 aromatic carbocycles. The number of benzene rings is 1. The maximum atomic E-state index is 10.5. The molecular weight excluding hydrogens is 270 g/mol. The lowest BCUT2D eigenvalue weighted by Crippen LogP contribution is -2.38. The van der Waals surface area contributed by atoms with E-state index in [9.17, 15) is 9.90 Å². The number of hydrogen-bond acceptors (Lipinski definition) is 4. The van der Waals surface area contributed by atoms with Crippen LogP contribution in [0, 0.1) is 0 Å². The number of aromatic hydroxyl groups is 1. The van der Waals surface area contributed by atoms with E-state index in [1.807, 2.05) is 12.1 Å². The summed E-state index contributed by atoms with van der Waals surface area (Å²) in [6.45, 7) is 4.28. The number of likely N-dealkylation sites (tertiary alicyclic amines) is 1. The van der Waals surface area contributed by atoms with Gasteiger partial charge in [-0.05, 0) is 37.5 Å². The van der Waals surface area contributed by atoms with Gasteiger partial charge in [-0.15, -0.1) is 0 Å². The maximum absolute atomic E-state index is 10.5. The van der Waals surface area contributed by atoms with Gasteiger partial charge in [0.15, 0.2) is 0 Å². The number of nitrogens with zero attached hydrogens (tertiary/aromatic N) is 1. The van der Waals surface area contributed by atoms with Gasteiger partial charge in [0.25, 0.3) is 0 Å². The first-order valence-corrected chi connectivity index (χ1v) is 7.42. The minimum Gasteiger partial charge on any atom is -0.508 e. The van der Waals surface area contributed by atoms with Gasteiger partial charge >= 0.3 is 5.97 Å². The van der Waals surface area contributed by atoms with Gasteiger partial charge in [0, 0.05) is 19.1 Å². The predicted molar refractivity (Wildman–Crippen MR) is 79.3 cm³/mol. The Labute approximate surface area is 125 Å². The second-order valence-electron chi connectivity index (χ2n) is 5.52. The summed E-state index contributed by atoms with van der Waals surface area (Å²) in [6, 6.07) is 7.64. The van der Waals surface area contributed by atoms with Gasteiger partial charge in [0.2, 0.25) is 0 Å². The van der Waals surface area contributed by atoms with Gasteiger partial charge in [-0.25, -0.2) is 0 Å². The zero-order chi connectivity index (χ0) is 15.2. The Balaban J connectivity index is 1.79. The standard InChI is InChI=1S/C16H23NO4/c1-12(13-3-2-4-14(18)11-13)17-8-5-15(6-9-17)21-10-7-16(19)20/h2-4,11-12,15,18H,5-10H2,1H3,(H,19,20). The quantitative estimate of drug-likeness (QED) is 0.843. The van der Waals surface area contributed by atoms with Crippen LogP contribution in [0.1, 0.15) is 37.8 Å². The van der Waals surface area contributed by atoms with Crippen LogP contribution in [0.25, 0.3) is 0 Å². The summed E-state index contributed by atoms with van der Waals surface area (Å²) in [5.74, 6) is -0.517. The van der Waals surface area contributed by atoms with Crippen LogP contribution in [0.5, 0.6) is 5.75 Å². The molecule has 1 saturated heterocycles. The minimum absolute atomic E-state index is 0.0694. The number of ether oxygens (including phenoxy) is 1. The highest BCUT2D eigenvalue weighted by molar-refractivity contribution is 5.66. The zero-order valence-electron chi connectivity index (χ0n) is 12.4. The van der Waals surface area contributed by atoms with Gasteiger partial charge in [-0.2, -0.15) is 0 Å². The molecule has 1 heterocycles. The van der Waals surface area contributed by atoms with Crippen LogP contribution in [0.15, 0.2) is 24.3 Å². The van der Waals surface area contributed by atoms with E-state index >= 15 is 0 Å². The third kappa shape index (κ3) is 4.72. The van der Waals surface area contributed by atoms with Crippen molar-refractivity contribution >= 4 is 5.97 Å². The lowest BCUT2D eigenvalue weighted by molar-refractivity contribution is -0.138. The first-order valence-electron chi connectivity index (χ1n) is 7.42. The molecule has 0 aromatic heterocycles. The number of rotatable bonds is 6. The molecule has 2 rings (SSSR count). The van der Waals surface area contributed by atoms with E-state index in [2.05, 4.69) is 11.8 Å². The zero-order valence-corrected chi connectivity index (χ0v) is 12.4. The third-order valence-corrected chi connectivity index (χ3v) is 4.05. The highest BCUT2D eigenvalue weighted by atomic mass is 16.5. The number of hydrogen-bond donors (Lipinski definition) is 2. The molecule has 0 amide bonds. The fourth-order valence-corrected chi connectivity index (χ4v) is 2.74. The Morgan fingerprint density at radius 2 is 2.14 bits per heavy atom. The number of carboxylic acid groups (broad SMARTS) is 1. The smallest absolute Gasteiger partial charge is 0.305 e. The summed E-state index contributed by atoms with van der Waals surface area (Å²) in [7, 11) is 0. The molecule has 0 radical (unpaired) electrons. The second-order valence-corrected chi connectivity index (χ2v) is 5.52. The monoisotopic (exact) mass is 293 g/mol. The van der Waals surface area contributed by atoms with Gasteiger partial charge in [0.1, 0.15) is 5.75 Å². The Hall–Kier alpha value is -1.59. The van der Waals surface area contributed by atoms with Gasteiger partial charge < -0.3 is 14.9 Å². The van der Waals surface area contributed by atoms with Crippen LogP contribution in [-0.2, 0) is 9.53 Å². The SMILES string of the molecule is CC(c1cccc(O)c1)N1CCC(OCCC(=O)O)CC1. The molecule has 1 fully saturated rings. The normalized spacial score (nSPS) is 18.5. The van der Waals surface area contributed by atoms with E-state index in [1.165, 1.54) is 0 Å². The van der Waals surface area contributed by atoms with Crippen LogP contribution >= 0.6 is 0 Å². The van der Waals surface area contributed by atoms with Crippen molar-refractivity contribution in [2.45, 2.75) is 38.3 Å². The van der Waals surface area contributed by atoms with E-state index in [4.69, 9.17) is 9.84 Å². The number of piperidine rings is 1. The number of phenolic OH excluding ortho intramolecular Hbond substituents is 1. The molecule has 1 atom stereocenters. The molecule has 21 heavy (non-hydrogen) atoms. The fraction of sp³-hybridized carbons (Fsp3) is 0.562. The summed E-state index contributed by atoms with van der Waals surface area (Å²) < 4.78 is 5.60. The molecule has 0 aliphatic carbocycles. The summed E-state index contributed by atoms with van der Waals surface area (Å²) >= 11 is 0. The summed E-state index contributed by atoms with van der Waals surface area (Å²) in [6.07, 6.45) is 2.07. The van der Waals surface area contributed by atoms with Crippen LogP contribution < -0.4 is 0 Å². The predicted octanol–water partition coefficient (Wildman–Crippen LogP) is 2.41. The molecule has 0 saturated carbocycles. The number of aliphatic carboxylic acids is 1. The van der Waals surface area contributed by atoms with Crippen molar-refractivity contribution in [3.05, 3.63) is 29.8 Å². The van der Waals surface area contributed by atoms with Gasteiger partial charge in [-0.3, -0.25) is 9.69 Å². The Kier molecular flexibility index (Phi) is 5.59. The first-order chi connectivity index (χ1) is 10.1. The molecular formula is C16H23NO4. The summed E-state index contributed by atoms with van der Waals surface area (Å²) in [5, 5.41) is 18.2. The van der Waals surface area contributed by atoms with E-state index in [-0.39, 0.29) is 18.6 Å². The molecule has 0 spiro atoms. The Morgan fingerprint density at radius 1 is 1.43 bits per heavy atom. The van der Waals surface area contributed by atoms with E-state index in [0.29, 0.717) is 12.4 Å². The molecule has 2 N–H and O–H groups in total. The van der Waals surface area contributed by atoms with Crippen molar-refractivity contribution in [2.75, 3.05) is 19.7 Å². The highest BCUT2D eigenvalue weighted by Gasteiger charge is 2.24. The molecule has 1 aliphatic heterocycles. The van der Waals surface area contributed by atoms with Gasteiger partial charge in [0.05, 0.1) is 19.1 Å². The van der Waals surface area contributed by atoms with Crippen LogP contribution in [0.4, 0.5) is 0 Å². The van der Waals surface area contributed by atoms with Crippen molar-refractivity contribution < 1.29 is 19.7 Å². The maximum Gasteiger partial charge on any atom is 0.305 e. The topological polar surface area (TPSA) is 70.0 Å². The van der Waals surface area contributed by atoms with Gasteiger partial charge in [-0.1, -0.05) is 12.1 Å². The average molecular weight is 293 g/mol. The van der Waals surface area contributed by atoms with E-state index in [1.54, 1.807) is 12.1 Å². The van der Waals surface area contributed by atoms with Crippen molar-refractivity contribution in [2.24, 2.45) is 0 Å². The fourth-order valence-electron chi connectivity index (χ4n) is 2.74. The van der Waals surface area contributed by atoms with E-state index < -0.39 is 5.97 Å².